The van der Waals surface area contributed by atoms with Crippen molar-refractivity contribution in [1.29, 1.82) is 0 Å². The molecule has 0 aromatic heterocycles. The van der Waals surface area contributed by atoms with Crippen molar-refractivity contribution in [3.05, 3.63) is 33.9 Å². The molecule has 1 aromatic rings. The van der Waals surface area contributed by atoms with Gasteiger partial charge in [-0.3, -0.25) is 14.9 Å². The average Bonchev–Trinajstić information content (AvgIpc) is 3.22. The fourth-order valence-corrected chi connectivity index (χ4v) is 1.71. The Bertz CT molecular complexity index is 527. The van der Waals surface area contributed by atoms with E-state index in [9.17, 15) is 20.0 Å². The number of nitro benzene ring substituents is 1. The molecule has 0 bridgehead atoms. The fourth-order valence-electron chi connectivity index (χ4n) is 1.71. The maximum absolute atomic E-state index is 11.8. The van der Waals surface area contributed by atoms with Crippen molar-refractivity contribution in [2.75, 3.05) is 0 Å². The number of amides is 1. The number of aliphatic hydroxyl groups excluding tert-OH is 1. The Morgan fingerprint density at radius 2 is 2.30 bits per heavy atom. The third kappa shape index (κ3) is 3.45. The van der Waals surface area contributed by atoms with Gasteiger partial charge in [-0.1, -0.05) is 0 Å². The van der Waals surface area contributed by atoms with Gasteiger partial charge in [-0.25, -0.2) is 0 Å². The number of nitrogens with zero attached hydrogens (tertiary/aromatic N) is 1. The van der Waals surface area contributed by atoms with Gasteiger partial charge >= 0.3 is 0 Å². The molecule has 1 unspecified atom stereocenters. The van der Waals surface area contributed by atoms with Crippen molar-refractivity contribution in [3.63, 3.8) is 0 Å². The molecular weight excluding hydrogens is 264 g/mol. The first-order chi connectivity index (χ1) is 9.51. The molecule has 1 aliphatic carbocycles. The summed E-state index contributed by atoms with van der Waals surface area (Å²) in [6, 6.07) is 4.15. The average molecular weight is 280 g/mol. The van der Waals surface area contributed by atoms with E-state index in [-0.39, 0.29) is 28.9 Å². The van der Waals surface area contributed by atoms with Gasteiger partial charge in [0.1, 0.15) is 5.75 Å². The number of carbonyl (C=O) groups excluding carboxylic acids is 1. The summed E-state index contributed by atoms with van der Waals surface area (Å²) in [5.74, 6) is 0.0475. The Morgan fingerprint density at radius 1 is 1.60 bits per heavy atom. The van der Waals surface area contributed by atoms with E-state index in [0.29, 0.717) is 0 Å². The van der Waals surface area contributed by atoms with Crippen LogP contribution in [0.5, 0.6) is 5.75 Å². The zero-order valence-corrected chi connectivity index (χ0v) is 11.0. The number of non-ortho nitro benzene ring substituents is 1. The first kappa shape index (κ1) is 14.3. The first-order valence-corrected chi connectivity index (χ1v) is 6.36. The Hall–Kier alpha value is -2.15. The molecule has 2 N–H and O–H groups in total. The van der Waals surface area contributed by atoms with E-state index in [4.69, 9.17) is 4.74 Å². The van der Waals surface area contributed by atoms with Gasteiger partial charge in [0.05, 0.1) is 11.5 Å². The summed E-state index contributed by atoms with van der Waals surface area (Å²) in [5.41, 5.74) is 0.154. The molecule has 2 rings (SSSR count). The number of nitrogens with one attached hydrogen (secondary N) is 1. The van der Waals surface area contributed by atoms with Gasteiger partial charge in [0.25, 0.3) is 11.6 Å². The highest BCUT2D eigenvalue weighted by atomic mass is 16.6. The van der Waals surface area contributed by atoms with Crippen LogP contribution in [-0.4, -0.2) is 28.1 Å². The van der Waals surface area contributed by atoms with E-state index in [1.54, 1.807) is 6.92 Å². The fraction of sp³-hybridized carbons (Fsp3) is 0.462. The van der Waals surface area contributed by atoms with Crippen molar-refractivity contribution >= 4 is 11.6 Å². The summed E-state index contributed by atoms with van der Waals surface area (Å²) in [5, 5.41) is 22.7. The maximum Gasteiger partial charge on any atom is 0.270 e. The van der Waals surface area contributed by atoms with E-state index >= 15 is 0 Å². The molecule has 1 fully saturated rings. The van der Waals surface area contributed by atoms with E-state index in [1.165, 1.54) is 18.2 Å². The number of rotatable bonds is 6. The number of hydrogen-bond donors (Lipinski definition) is 2. The molecule has 1 aromatic carbocycles. The van der Waals surface area contributed by atoms with Crippen LogP contribution >= 0.6 is 0 Å². The smallest absolute Gasteiger partial charge is 0.270 e. The molecule has 1 aliphatic rings. The first-order valence-electron chi connectivity index (χ1n) is 6.36. The predicted octanol–water partition coefficient (Wildman–Crippen LogP) is 1.13. The van der Waals surface area contributed by atoms with Crippen LogP contribution in [0.25, 0.3) is 0 Å². The highest BCUT2D eigenvalue weighted by Crippen LogP contribution is 2.25. The highest BCUT2D eigenvalue weighted by Gasteiger charge is 2.26. The Kier molecular flexibility index (Phi) is 4.19. The Morgan fingerprint density at radius 3 is 2.85 bits per heavy atom. The normalized spacial score (nSPS) is 15.5. The largest absolute Gasteiger partial charge is 0.481 e. The van der Waals surface area contributed by atoms with Crippen molar-refractivity contribution in [2.24, 2.45) is 0 Å². The van der Waals surface area contributed by atoms with Crippen molar-refractivity contribution in [2.45, 2.75) is 38.5 Å². The van der Waals surface area contributed by atoms with Crippen LogP contribution in [0.1, 0.15) is 25.3 Å². The minimum atomic E-state index is -0.720. The van der Waals surface area contributed by atoms with Crippen molar-refractivity contribution < 1.29 is 19.6 Å². The summed E-state index contributed by atoms with van der Waals surface area (Å²) in [4.78, 5) is 21.9. The topological polar surface area (TPSA) is 102 Å². The van der Waals surface area contributed by atoms with Gasteiger partial charge in [0, 0.05) is 23.7 Å². The molecule has 0 radical (unpaired) electrons. The van der Waals surface area contributed by atoms with Crippen LogP contribution in [0.4, 0.5) is 5.69 Å². The van der Waals surface area contributed by atoms with Gasteiger partial charge in [0.2, 0.25) is 0 Å². The maximum atomic E-state index is 11.8. The standard InChI is InChI=1S/C13H16N2O5/c1-8(13(17)14-10-2-3-10)20-12-5-4-11(15(18)19)6-9(12)7-16/h4-6,8,10,16H,2-3,7H2,1H3,(H,14,17). The van der Waals surface area contributed by atoms with Gasteiger partial charge < -0.3 is 15.2 Å². The molecular formula is C13H16N2O5. The summed E-state index contributed by atoms with van der Waals surface area (Å²) in [7, 11) is 0. The number of hydrogen-bond acceptors (Lipinski definition) is 5. The van der Waals surface area contributed by atoms with E-state index < -0.39 is 17.6 Å². The van der Waals surface area contributed by atoms with Crippen molar-refractivity contribution in [3.8, 4) is 5.75 Å². The lowest BCUT2D eigenvalue weighted by atomic mass is 10.2. The quantitative estimate of drug-likeness (QED) is 0.601. The predicted molar refractivity (Wildman–Crippen MR) is 70.3 cm³/mol. The van der Waals surface area contributed by atoms with Gasteiger partial charge in [-0.05, 0) is 25.8 Å². The molecule has 0 aliphatic heterocycles. The molecule has 7 heteroatoms. The van der Waals surface area contributed by atoms with Gasteiger partial charge in [-0.2, -0.15) is 0 Å². The third-order valence-electron chi connectivity index (χ3n) is 3.02. The second kappa shape index (κ2) is 5.87. The molecule has 20 heavy (non-hydrogen) atoms. The van der Waals surface area contributed by atoms with Crippen LogP contribution in [0.3, 0.4) is 0 Å². The van der Waals surface area contributed by atoms with Crippen LogP contribution in [0, 0.1) is 10.1 Å². The number of ether oxygens (including phenoxy) is 1. The van der Waals surface area contributed by atoms with Crippen LogP contribution < -0.4 is 10.1 Å². The molecule has 0 heterocycles. The second-order valence-corrected chi connectivity index (χ2v) is 4.75. The van der Waals surface area contributed by atoms with E-state index in [1.807, 2.05) is 0 Å². The third-order valence-corrected chi connectivity index (χ3v) is 3.02. The molecule has 0 spiro atoms. The minimum Gasteiger partial charge on any atom is -0.481 e. The van der Waals surface area contributed by atoms with Crippen LogP contribution in [0.2, 0.25) is 0 Å². The minimum absolute atomic E-state index is 0.128. The summed E-state index contributed by atoms with van der Waals surface area (Å²) < 4.78 is 5.47. The van der Waals surface area contributed by atoms with E-state index in [0.717, 1.165) is 12.8 Å². The van der Waals surface area contributed by atoms with Crippen LogP contribution in [-0.2, 0) is 11.4 Å². The number of nitro groups is 1. The number of benzene rings is 1. The Labute approximate surface area is 115 Å². The monoisotopic (exact) mass is 280 g/mol. The van der Waals surface area contributed by atoms with Crippen LogP contribution in [0.15, 0.2) is 18.2 Å². The summed E-state index contributed by atoms with van der Waals surface area (Å²) >= 11 is 0. The molecule has 108 valence electrons. The number of carbonyl (C=O) groups is 1. The molecule has 1 amide bonds. The van der Waals surface area contributed by atoms with Gasteiger partial charge in [-0.15, -0.1) is 0 Å². The summed E-state index contributed by atoms with van der Waals surface area (Å²) in [6.45, 7) is 1.20. The number of aliphatic hydroxyl groups is 1. The molecule has 1 saturated carbocycles. The molecule has 1 atom stereocenters. The SMILES string of the molecule is CC(Oc1ccc([N+](=O)[O-])cc1CO)C(=O)NC1CC1. The second-order valence-electron chi connectivity index (χ2n) is 4.75. The lowest BCUT2D eigenvalue weighted by molar-refractivity contribution is -0.385. The van der Waals surface area contributed by atoms with E-state index in [2.05, 4.69) is 5.32 Å². The Balaban J connectivity index is 2.07. The van der Waals surface area contributed by atoms with Gasteiger partial charge in [0.15, 0.2) is 6.10 Å². The zero-order chi connectivity index (χ0) is 14.7. The molecule has 0 saturated heterocycles. The highest BCUT2D eigenvalue weighted by molar-refractivity contribution is 5.81. The van der Waals surface area contributed by atoms with Crippen molar-refractivity contribution in [1.82, 2.24) is 5.32 Å². The zero-order valence-electron chi connectivity index (χ0n) is 11.0. The lowest BCUT2D eigenvalue weighted by Gasteiger charge is -2.16. The summed E-state index contributed by atoms with van der Waals surface area (Å²) in [6.07, 6.45) is 1.25. The lowest BCUT2D eigenvalue weighted by Crippen LogP contribution is -2.37. The molecule has 7 nitrogen and oxygen atoms in total.